The van der Waals surface area contributed by atoms with Gasteiger partial charge >= 0.3 is 6.18 Å². The SMILES string of the molecule is Cc1ccc(OCc2ccc(Cl)c(C(F)(F)F)c2)c(CNCCO)c1. The molecule has 0 amide bonds. The molecule has 0 radical (unpaired) electrons. The third kappa shape index (κ3) is 5.63. The first-order chi connectivity index (χ1) is 11.8. The number of ether oxygens (including phenoxy) is 1. The molecule has 2 rings (SSSR count). The van der Waals surface area contributed by atoms with E-state index in [1.807, 2.05) is 19.1 Å². The van der Waals surface area contributed by atoms with E-state index >= 15 is 0 Å². The molecule has 0 saturated heterocycles. The number of rotatable bonds is 7. The van der Waals surface area contributed by atoms with Gasteiger partial charge in [-0.2, -0.15) is 13.2 Å². The van der Waals surface area contributed by atoms with E-state index in [2.05, 4.69) is 5.32 Å². The van der Waals surface area contributed by atoms with Crippen molar-refractivity contribution in [3.63, 3.8) is 0 Å². The lowest BCUT2D eigenvalue weighted by Gasteiger charge is -2.14. The van der Waals surface area contributed by atoms with Crippen LogP contribution in [0.3, 0.4) is 0 Å². The van der Waals surface area contributed by atoms with Gasteiger partial charge in [0, 0.05) is 18.7 Å². The Morgan fingerprint density at radius 1 is 1.16 bits per heavy atom. The van der Waals surface area contributed by atoms with Crippen LogP contribution in [-0.2, 0) is 19.3 Å². The van der Waals surface area contributed by atoms with Crippen molar-refractivity contribution in [3.05, 3.63) is 63.7 Å². The molecule has 2 N–H and O–H groups in total. The Balaban J connectivity index is 2.13. The second kappa shape index (κ2) is 8.56. The van der Waals surface area contributed by atoms with Crippen LogP contribution in [0, 0.1) is 6.92 Å². The first kappa shape index (κ1) is 19.6. The van der Waals surface area contributed by atoms with Crippen LogP contribution >= 0.6 is 11.6 Å². The lowest BCUT2D eigenvalue weighted by molar-refractivity contribution is -0.137. The molecule has 0 aliphatic carbocycles. The Labute approximate surface area is 149 Å². The molecule has 0 aliphatic rings. The van der Waals surface area contributed by atoms with Gasteiger partial charge in [-0.15, -0.1) is 0 Å². The van der Waals surface area contributed by atoms with E-state index in [1.165, 1.54) is 12.1 Å². The van der Waals surface area contributed by atoms with Crippen molar-refractivity contribution in [2.24, 2.45) is 0 Å². The highest BCUT2D eigenvalue weighted by atomic mass is 35.5. The molecule has 0 aliphatic heterocycles. The van der Waals surface area contributed by atoms with Gasteiger partial charge in [-0.3, -0.25) is 0 Å². The molecule has 0 bridgehead atoms. The zero-order valence-corrected chi connectivity index (χ0v) is 14.4. The number of aliphatic hydroxyl groups is 1. The minimum absolute atomic E-state index is 0.00366. The van der Waals surface area contributed by atoms with Crippen LogP contribution in [0.5, 0.6) is 5.75 Å². The second-order valence-electron chi connectivity index (χ2n) is 5.61. The van der Waals surface area contributed by atoms with Gasteiger partial charge < -0.3 is 15.2 Å². The third-order valence-corrected chi connectivity index (χ3v) is 3.88. The topological polar surface area (TPSA) is 41.5 Å². The monoisotopic (exact) mass is 373 g/mol. The number of aryl methyl sites for hydroxylation is 1. The van der Waals surface area contributed by atoms with Gasteiger partial charge in [0.25, 0.3) is 0 Å². The third-order valence-electron chi connectivity index (χ3n) is 3.55. The molecule has 2 aromatic rings. The fourth-order valence-corrected chi connectivity index (χ4v) is 2.55. The summed E-state index contributed by atoms with van der Waals surface area (Å²) in [6, 6.07) is 9.32. The Hall–Kier alpha value is -1.76. The van der Waals surface area contributed by atoms with Gasteiger partial charge in [0.05, 0.1) is 17.2 Å². The number of aliphatic hydroxyl groups excluding tert-OH is 1. The smallest absolute Gasteiger partial charge is 0.417 e. The Morgan fingerprint density at radius 3 is 2.60 bits per heavy atom. The van der Waals surface area contributed by atoms with Crippen molar-refractivity contribution < 1.29 is 23.0 Å². The lowest BCUT2D eigenvalue weighted by atomic mass is 10.1. The van der Waals surface area contributed by atoms with Crippen LogP contribution in [0.4, 0.5) is 13.2 Å². The van der Waals surface area contributed by atoms with E-state index in [0.29, 0.717) is 24.4 Å². The van der Waals surface area contributed by atoms with Crippen LogP contribution in [0.25, 0.3) is 0 Å². The van der Waals surface area contributed by atoms with E-state index < -0.39 is 11.7 Å². The highest BCUT2D eigenvalue weighted by molar-refractivity contribution is 6.31. The predicted octanol–water partition coefficient (Wildman–Crippen LogP) is 4.33. The van der Waals surface area contributed by atoms with Gasteiger partial charge in [0.1, 0.15) is 12.4 Å². The van der Waals surface area contributed by atoms with Gasteiger partial charge in [0.15, 0.2) is 0 Å². The molecule has 0 aromatic heterocycles. The summed E-state index contributed by atoms with van der Waals surface area (Å²) in [4.78, 5) is 0. The van der Waals surface area contributed by atoms with Crippen molar-refractivity contribution in [1.82, 2.24) is 5.32 Å². The summed E-state index contributed by atoms with van der Waals surface area (Å²) in [6.45, 7) is 2.89. The van der Waals surface area contributed by atoms with Gasteiger partial charge in [-0.05, 0) is 30.7 Å². The van der Waals surface area contributed by atoms with E-state index in [9.17, 15) is 13.2 Å². The summed E-state index contributed by atoms with van der Waals surface area (Å²) in [7, 11) is 0. The number of alkyl halides is 3. The van der Waals surface area contributed by atoms with Crippen LogP contribution in [0.1, 0.15) is 22.3 Å². The highest BCUT2D eigenvalue weighted by Gasteiger charge is 2.33. The molecule has 0 atom stereocenters. The van der Waals surface area contributed by atoms with Crippen molar-refractivity contribution in [2.75, 3.05) is 13.2 Å². The van der Waals surface area contributed by atoms with Crippen LogP contribution < -0.4 is 10.1 Å². The second-order valence-corrected chi connectivity index (χ2v) is 6.02. The highest BCUT2D eigenvalue weighted by Crippen LogP contribution is 2.35. The molecule has 0 spiro atoms. The minimum Gasteiger partial charge on any atom is -0.489 e. The molecule has 0 unspecified atom stereocenters. The standard InChI is InChI=1S/C18H19ClF3NO2/c1-12-2-5-17(14(8-12)10-23-6-7-24)25-11-13-3-4-16(19)15(9-13)18(20,21)22/h2-5,8-9,23-24H,6-7,10-11H2,1H3. The molecular weight excluding hydrogens is 355 g/mol. The Morgan fingerprint density at radius 2 is 1.92 bits per heavy atom. The van der Waals surface area contributed by atoms with E-state index in [1.54, 1.807) is 6.07 Å². The average molecular weight is 374 g/mol. The average Bonchev–Trinajstić information content (AvgIpc) is 2.54. The number of hydrogen-bond acceptors (Lipinski definition) is 3. The summed E-state index contributed by atoms with van der Waals surface area (Å²) in [5, 5.41) is 11.6. The van der Waals surface area contributed by atoms with Gasteiger partial charge in [-0.25, -0.2) is 0 Å². The number of hydrogen-bond donors (Lipinski definition) is 2. The van der Waals surface area contributed by atoms with Gasteiger partial charge in [-0.1, -0.05) is 35.4 Å². The number of halogens is 4. The normalized spacial score (nSPS) is 11.6. The van der Waals surface area contributed by atoms with Crippen LogP contribution in [0.2, 0.25) is 5.02 Å². The van der Waals surface area contributed by atoms with E-state index in [4.69, 9.17) is 21.4 Å². The van der Waals surface area contributed by atoms with Crippen molar-refractivity contribution in [1.29, 1.82) is 0 Å². The van der Waals surface area contributed by atoms with Crippen molar-refractivity contribution >= 4 is 11.6 Å². The quantitative estimate of drug-likeness (QED) is 0.710. The fraction of sp³-hybridized carbons (Fsp3) is 0.333. The first-order valence-corrected chi connectivity index (χ1v) is 8.08. The zero-order chi connectivity index (χ0) is 18.4. The maximum atomic E-state index is 12.9. The van der Waals surface area contributed by atoms with E-state index in [-0.39, 0.29) is 18.2 Å². The molecule has 7 heteroatoms. The molecular formula is C18H19ClF3NO2. The number of benzene rings is 2. The van der Waals surface area contributed by atoms with Crippen LogP contribution in [0.15, 0.2) is 36.4 Å². The summed E-state index contributed by atoms with van der Waals surface area (Å²) in [6.07, 6.45) is -4.50. The first-order valence-electron chi connectivity index (χ1n) is 7.71. The van der Waals surface area contributed by atoms with Crippen molar-refractivity contribution in [2.45, 2.75) is 26.3 Å². The van der Waals surface area contributed by atoms with Gasteiger partial charge in [0.2, 0.25) is 0 Å². The van der Waals surface area contributed by atoms with E-state index in [0.717, 1.165) is 17.2 Å². The Bertz CT molecular complexity index is 720. The summed E-state index contributed by atoms with van der Waals surface area (Å²) < 4.78 is 44.5. The van der Waals surface area contributed by atoms with Crippen LogP contribution in [-0.4, -0.2) is 18.3 Å². The molecule has 136 valence electrons. The number of nitrogens with one attached hydrogen (secondary N) is 1. The molecule has 0 saturated carbocycles. The predicted molar refractivity (Wildman–Crippen MR) is 90.8 cm³/mol. The maximum Gasteiger partial charge on any atom is 0.417 e. The van der Waals surface area contributed by atoms with Crippen molar-refractivity contribution in [3.8, 4) is 5.75 Å². The fourth-order valence-electron chi connectivity index (χ4n) is 2.33. The minimum atomic E-state index is -4.50. The summed E-state index contributed by atoms with van der Waals surface area (Å²) in [5.74, 6) is 0.583. The maximum absolute atomic E-state index is 12.9. The summed E-state index contributed by atoms with van der Waals surface area (Å²) >= 11 is 5.62. The Kier molecular flexibility index (Phi) is 6.70. The molecule has 25 heavy (non-hydrogen) atoms. The lowest BCUT2D eigenvalue weighted by Crippen LogP contribution is -2.18. The summed E-state index contributed by atoms with van der Waals surface area (Å²) in [5.41, 5.74) is 1.42. The molecule has 0 fully saturated rings. The molecule has 0 heterocycles. The molecule has 3 nitrogen and oxygen atoms in total. The molecule has 2 aromatic carbocycles. The largest absolute Gasteiger partial charge is 0.489 e. The zero-order valence-electron chi connectivity index (χ0n) is 13.7.